The van der Waals surface area contributed by atoms with Crippen molar-refractivity contribution in [3.05, 3.63) is 0 Å². The van der Waals surface area contributed by atoms with E-state index in [0.717, 1.165) is 0 Å². The number of nitrogens with zero attached hydrogens (tertiary/aromatic N) is 1. The molecule has 2 heteroatoms. The zero-order chi connectivity index (χ0) is 7.82. The van der Waals surface area contributed by atoms with Gasteiger partial charge in [0.1, 0.15) is 0 Å². The average molecular weight is 161 g/mol. The molecular weight excluding hydrogens is 142 g/mol. The van der Waals surface area contributed by atoms with Crippen molar-refractivity contribution in [2.24, 2.45) is 0 Å². The zero-order valence-electron chi connectivity index (χ0n) is 7.39. The molecule has 0 unspecified atom stereocenters. The van der Waals surface area contributed by atoms with Crippen molar-refractivity contribution in [2.45, 2.75) is 27.2 Å². The quantitative estimate of drug-likeness (QED) is 0.581. The molecule has 0 atom stereocenters. The van der Waals surface area contributed by atoms with Crippen LogP contribution in [0.5, 0.6) is 0 Å². The Morgan fingerprint density at radius 2 is 1.90 bits per heavy atom. The molecule has 0 N–H and O–H groups in total. The summed E-state index contributed by atoms with van der Waals surface area (Å²) in [5.74, 6) is 2.60. The third kappa shape index (κ3) is 5.12. The van der Waals surface area contributed by atoms with Crippen LogP contribution in [0.4, 0.5) is 0 Å². The van der Waals surface area contributed by atoms with Gasteiger partial charge in [0.15, 0.2) is 0 Å². The molecule has 0 aromatic carbocycles. The van der Waals surface area contributed by atoms with Crippen LogP contribution >= 0.6 is 11.8 Å². The second-order valence-electron chi connectivity index (χ2n) is 2.46. The second-order valence-corrected chi connectivity index (χ2v) is 3.53. The van der Waals surface area contributed by atoms with E-state index in [1.807, 2.05) is 11.8 Å². The molecule has 1 aliphatic rings. The van der Waals surface area contributed by atoms with E-state index in [-0.39, 0.29) is 0 Å². The minimum Gasteiger partial charge on any atom is -0.294 e. The first kappa shape index (κ1) is 10.3. The van der Waals surface area contributed by atoms with E-state index in [1.54, 1.807) is 0 Å². The second kappa shape index (κ2) is 7.42. The highest BCUT2D eigenvalue weighted by molar-refractivity contribution is 7.99. The van der Waals surface area contributed by atoms with Gasteiger partial charge in [-0.2, -0.15) is 0 Å². The van der Waals surface area contributed by atoms with Gasteiger partial charge < -0.3 is 0 Å². The van der Waals surface area contributed by atoms with Crippen molar-refractivity contribution in [1.29, 1.82) is 0 Å². The van der Waals surface area contributed by atoms with Crippen molar-refractivity contribution in [2.75, 3.05) is 24.7 Å². The molecular formula is C8H19NS. The highest BCUT2D eigenvalue weighted by atomic mass is 32.2. The Hall–Kier alpha value is 0.310. The topological polar surface area (TPSA) is 3.24 Å². The van der Waals surface area contributed by atoms with Crippen LogP contribution < -0.4 is 0 Å². The summed E-state index contributed by atoms with van der Waals surface area (Å²) in [5, 5.41) is 0. The van der Waals surface area contributed by atoms with Gasteiger partial charge in [-0.3, -0.25) is 4.90 Å². The van der Waals surface area contributed by atoms with E-state index in [2.05, 4.69) is 25.7 Å². The first-order valence-corrected chi connectivity index (χ1v) is 5.30. The smallest absolute Gasteiger partial charge is 0.0444 e. The molecule has 1 saturated heterocycles. The van der Waals surface area contributed by atoms with E-state index in [1.165, 1.54) is 31.1 Å². The zero-order valence-corrected chi connectivity index (χ0v) is 8.21. The van der Waals surface area contributed by atoms with Crippen LogP contribution in [0, 0.1) is 0 Å². The summed E-state index contributed by atoms with van der Waals surface area (Å²) in [6.07, 6.45) is 1.25. The third-order valence-electron chi connectivity index (χ3n) is 1.27. The SMILES string of the molecule is CCC.CCN1CCSC1. The number of rotatable bonds is 1. The highest BCUT2D eigenvalue weighted by Gasteiger charge is 2.07. The van der Waals surface area contributed by atoms with Gasteiger partial charge in [-0.1, -0.05) is 27.2 Å². The van der Waals surface area contributed by atoms with Gasteiger partial charge in [0.05, 0.1) is 0 Å². The maximum atomic E-state index is 2.45. The van der Waals surface area contributed by atoms with Crippen LogP contribution in [-0.2, 0) is 0 Å². The van der Waals surface area contributed by atoms with E-state index in [0.29, 0.717) is 0 Å². The van der Waals surface area contributed by atoms with Crippen LogP contribution in [0.2, 0.25) is 0 Å². The van der Waals surface area contributed by atoms with Crippen molar-refractivity contribution in [3.8, 4) is 0 Å². The molecule has 0 aromatic rings. The first-order chi connectivity index (χ1) is 4.85. The molecule has 0 saturated carbocycles. The highest BCUT2D eigenvalue weighted by Crippen LogP contribution is 2.11. The van der Waals surface area contributed by atoms with E-state index in [9.17, 15) is 0 Å². The lowest BCUT2D eigenvalue weighted by molar-refractivity contribution is 0.377. The molecule has 62 valence electrons. The molecule has 1 rings (SSSR count). The summed E-state index contributed by atoms with van der Waals surface area (Å²) in [6, 6.07) is 0. The lowest BCUT2D eigenvalue weighted by Gasteiger charge is -2.07. The number of hydrogen-bond donors (Lipinski definition) is 0. The van der Waals surface area contributed by atoms with Gasteiger partial charge >= 0.3 is 0 Å². The van der Waals surface area contributed by atoms with Crippen LogP contribution in [0.15, 0.2) is 0 Å². The standard InChI is InChI=1S/C5H11NS.C3H8/c1-2-6-3-4-7-5-6;1-3-2/h2-5H2,1H3;3H2,1-2H3. The minimum absolute atomic E-state index is 1.23. The van der Waals surface area contributed by atoms with Gasteiger partial charge in [-0.25, -0.2) is 0 Å². The average Bonchev–Trinajstić information content (AvgIpc) is 2.39. The van der Waals surface area contributed by atoms with Gasteiger partial charge in [0, 0.05) is 18.2 Å². The lowest BCUT2D eigenvalue weighted by Crippen LogP contribution is -2.17. The Labute approximate surface area is 69.2 Å². The van der Waals surface area contributed by atoms with Crippen molar-refractivity contribution in [3.63, 3.8) is 0 Å². The molecule has 1 fully saturated rings. The molecule has 0 aliphatic carbocycles. The van der Waals surface area contributed by atoms with Crippen molar-refractivity contribution >= 4 is 11.8 Å². The van der Waals surface area contributed by atoms with Gasteiger partial charge in [-0.05, 0) is 6.54 Å². The molecule has 0 aromatic heterocycles. The maximum absolute atomic E-state index is 2.45. The Morgan fingerprint density at radius 3 is 2.10 bits per heavy atom. The van der Waals surface area contributed by atoms with Crippen LogP contribution in [0.1, 0.15) is 27.2 Å². The summed E-state index contributed by atoms with van der Waals surface area (Å²) in [7, 11) is 0. The Morgan fingerprint density at radius 1 is 1.30 bits per heavy atom. The predicted octanol–water partition coefficient (Wildman–Crippen LogP) is 2.43. The largest absolute Gasteiger partial charge is 0.294 e. The van der Waals surface area contributed by atoms with Crippen LogP contribution in [0.3, 0.4) is 0 Å². The monoisotopic (exact) mass is 161 g/mol. The number of hydrogen-bond acceptors (Lipinski definition) is 2. The molecule has 1 heterocycles. The summed E-state index contributed by atoms with van der Waals surface area (Å²) >= 11 is 2.03. The molecule has 0 radical (unpaired) electrons. The normalized spacial score (nSPS) is 18.3. The molecule has 0 bridgehead atoms. The molecule has 0 spiro atoms. The van der Waals surface area contributed by atoms with Crippen LogP contribution in [-0.4, -0.2) is 29.6 Å². The molecule has 0 amide bonds. The Balaban J connectivity index is 0.000000236. The van der Waals surface area contributed by atoms with Crippen LogP contribution in [0.25, 0.3) is 0 Å². The fourth-order valence-electron chi connectivity index (χ4n) is 0.701. The fourth-order valence-corrected chi connectivity index (χ4v) is 1.79. The van der Waals surface area contributed by atoms with Crippen molar-refractivity contribution in [1.82, 2.24) is 4.90 Å². The van der Waals surface area contributed by atoms with E-state index in [4.69, 9.17) is 0 Å². The molecule has 1 nitrogen and oxygen atoms in total. The van der Waals surface area contributed by atoms with Crippen molar-refractivity contribution < 1.29 is 0 Å². The van der Waals surface area contributed by atoms with E-state index >= 15 is 0 Å². The summed E-state index contributed by atoms with van der Waals surface area (Å²) in [5.41, 5.74) is 0. The van der Waals surface area contributed by atoms with E-state index < -0.39 is 0 Å². The molecule has 10 heavy (non-hydrogen) atoms. The minimum atomic E-state index is 1.23. The van der Waals surface area contributed by atoms with Gasteiger partial charge in [0.25, 0.3) is 0 Å². The maximum Gasteiger partial charge on any atom is 0.0444 e. The van der Waals surface area contributed by atoms with Gasteiger partial charge in [-0.15, -0.1) is 11.8 Å². The Bertz CT molecular complexity index is 60.3. The summed E-state index contributed by atoms with van der Waals surface area (Å²) in [6.45, 7) is 9.00. The summed E-state index contributed by atoms with van der Waals surface area (Å²) in [4.78, 5) is 2.45. The fraction of sp³-hybridized carbons (Fsp3) is 1.00. The number of thioether (sulfide) groups is 1. The predicted molar refractivity (Wildman–Crippen MR) is 50.5 cm³/mol. The Kier molecular flexibility index (Phi) is 7.65. The molecule has 1 aliphatic heterocycles. The third-order valence-corrected chi connectivity index (χ3v) is 2.29. The summed E-state index contributed by atoms with van der Waals surface area (Å²) < 4.78 is 0. The van der Waals surface area contributed by atoms with Gasteiger partial charge in [0.2, 0.25) is 0 Å². The lowest BCUT2D eigenvalue weighted by atomic mass is 10.6. The first-order valence-electron chi connectivity index (χ1n) is 4.15.